The number of hydrogen-bond acceptors (Lipinski definition) is 5. The second kappa shape index (κ2) is 5.92. The molecule has 6 nitrogen and oxygen atoms in total. The van der Waals surface area contributed by atoms with E-state index in [0.717, 1.165) is 5.75 Å². The van der Waals surface area contributed by atoms with Gasteiger partial charge in [0.25, 0.3) is 5.69 Å². The van der Waals surface area contributed by atoms with Crippen molar-refractivity contribution in [3.8, 4) is 11.5 Å². The summed E-state index contributed by atoms with van der Waals surface area (Å²) in [5.74, 6) is 1.36. The first-order chi connectivity index (χ1) is 9.61. The molecular weight excluding hydrogens is 260 g/mol. The van der Waals surface area contributed by atoms with E-state index in [2.05, 4.69) is 0 Å². The van der Waals surface area contributed by atoms with Crippen LogP contribution < -0.4 is 15.2 Å². The monoisotopic (exact) mass is 274 g/mol. The van der Waals surface area contributed by atoms with Crippen LogP contribution in [0.5, 0.6) is 11.5 Å². The summed E-state index contributed by atoms with van der Waals surface area (Å²) >= 11 is 0. The lowest BCUT2D eigenvalue weighted by Crippen LogP contribution is -2.03. The molecule has 0 heterocycles. The van der Waals surface area contributed by atoms with Crippen molar-refractivity contribution in [2.45, 2.75) is 6.61 Å². The van der Waals surface area contributed by atoms with Crippen LogP contribution in [0, 0.1) is 10.1 Å². The minimum atomic E-state index is -0.508. The highest BCUT2D eigenvalue weighted by molar-refractivity contribution is 5.62. The summed E-state index contributed by atoms with van der Waals surface area (Å²) in [7, 11) is 1.58. The lowest BCUT2D eigenvalue weighted by Gasteiger charge is -2.09. The molecule has 0 aliphatic heterocycles. The molecule has 0 spiro atoms. The lowest BCUT2D eigenvalue weighted by molar-refractivity contribution is -0.384. The standard InChI is InChI=1S/C14H14N2O4/c1-19-11-5-7-12(8-6-11)20-9-10-3-2-4-13(14(10)15)16(17)18/h2-8H,9,15H2,1H3. The van der Waals surface area contributed by atoms with Gasteiger partial charge >= 0.3 is 0 Å². The second-order valence-corrected chi connectivity index (χ2v) is 4.07. The van der Waals surface area contributed by atoms with Gasteiger partial charge in [0, 0.05) is 11.6 Å². The molecule has 0 saturated heterocycles. The normalized spacial score (nSPS) is 10.1. The molecule has 6 heteroatoms. The third-order valence-corrected chi connectivity index (χ3v) is 2.82. The predicted molar refractivity (Wildman–Crippen MR) is 74.8 cm³/mol. The maximum atomic E-state index is 10.8. The van der Waals surface area contributed by atoms with Crippen molar-refractivity contribution in [2.75, 3.05) is 12.8 Å². The van der Waals surface area contributed by atoms with Gasteiger partial charge in [-0.25, -0.2) is 0 Å². The van der Waals surface area contributed by atoms with E-state index in [-0.39, 0.29) is 18.0 Å². The average Bonchev–Trinajstić information content (AvgIpc) is 2.46. The third-order valence-electron chi connectivity index (χ3n) is 2.82. The van der Waals surface area contributed by atoms with Gasteiger partial charge in [-0.05, 0) is 24.3 Å². The van der Waals surface area contributed by atoms with Crippen molar-refractivity contribution in [2.24, 2.45) is 0 Å². The minimum Gasteiger partial charge on any atom is -0.497 e. The first-order valence-electron chi connectivity index (χ1n) is 5.90. The number of methoxy groups -OCH3 is 1. The fourth-order valence-corrected chi connectivity index (χ4v) is 1.72. The molecule has 0 saturated carbocycles. The van der Waals surface area contributed by atoms with Crippen molar-refractivity contribution in [3.63, 3.8) is 0 Å². The Morgan fingerprint density at radius 3 is 2.40 bits per heavy atom. The lowest BCUT2D eigenvalue weighted by atomic mass is 10.1. The summed E-state index contributed by atoms with van der Waals surface area (Å²) in [5, 5.41) is 10.8. The Bertz CT molecular complexity index is 611. The van der Waals surface area contributed by atoms with Crippen LogP contribution in [-0.2, 0) is 6.61 Å². The van der Waals surface area contributed by atoms with E-state index < -0.39 is 4.92 Å². The number of para-hydroxylation sites is 1. The van der Waals surface area contributed by atoms with E-state index >= 15 is 0 Å². The molecule has 20 heavy (non-hydrogen) atoms. The van der Waals surface area contributed by atoms with Gasteiger partial charge in [-0.2, -0.15) is 0 Å². The molecule has 0 aliphatic rings. The maximum Gasteiger partial charge on any atom is 0.292 e. The minimum absolute atomic E-state index is 0.110. The van der Waals surface area contributed by atoms with E-state index in [1.165, 1.54) is 6.07 Å². The third kappa shape index (κ3) is 2.97. The van der Waals surface area contributed by atoms with Crippen molar-refractivity contribution in [1.29, 1.82) is 0 Å². The molecule has 0 unspecified atom stereocenters. The molecule has 0 aliphatic carbocycles. The largest absolute Gasteiger partial charge is 0.497 e. The Morgan fingerprint density at radius 2 is 1.80 bits per heavy atom. The summed E-state index contributed by atoms with van der Waals surface area (Å²) in [6.45, 7) is 0.167. The highest BCUT2D eigenvalue weighted by atomic mass is 16.6. The molecule has 2 N–H and O–H groups in total. The number of anilines is 1. The molecule has 104 valence electrons. The molecule has 0 amide bonds. The maximum absolute atomic E-state index is 10.8. The Balaban J connectivity index is 2.10. The summed E-state index contributed by atoms with van der Waals surface area (Å²) < 4.78 is 10.6. The van der Waals surface area contributed by atoms with Gasteiger partial charge in [0.2, 0.25) is 0 Å². The molecule has 0 fully saturated rings. The number of benzene rings is 2. The Morgan fingerprint density at radius 1 is 1.15 bits per heavy atom. The number of nitro groups is 1. The van der Waals surface area contributed by atoms with Gasteiger partial charge < -0.3 is 15.2 Å². The number of hydrogen-bond donors (Lipinski definition) is 1. The zero-order valence-corrected chi connectivity index (χ0v) is 10.9. The summed E-state index contributed by atoms with van der Waals surface area (Å²) in [6, 6.07) is 11.7. The zero-order chi connectivity index (χ0) is 14.5. The van der Waals surface area contributed by atoms with E-state index in [9.17, 15) is 10.1 Å². The summed E-state index contributed by atoms with van der Waals surface area (Å²) in [4.78, 5) is 10.3. The number of rotatable bonds is 5. The SMILES string of the molecule is COc1ccc(OCc2cccc([N+](=O)[O-])c2N)cc1. The van der Waals surface area contributed by atoms with Gasteiger partial charge in [0.15, 0.2) is 0 Å². The van der Waals surface area contributed by atoms with E-state index in [0.29, 0.717) is 11.3 Å². The van der Waals surface area contributed by atoms with E-state index in [1.54, 1.807) is 43.5 Å². The van der Waals surface area contributed by atoms with Gasteiger partial charge in [-0.15, -0.1) is 0 Å². The van der Waals surface area contributed by atoms with Crippen molar-refractivity contribution < 1.29 is 14.4 Å². The van der Waals surface area contributed by atoms with Crippen LogP contribution in [0.4, 0.5) is 11.4 Å². The number of nitrogen functional groups attached to an aromatic ring is 1. The van der Waals surface area contributed by atoms with Gasteiger partial charge in [-0.3, -0.25) is 10.1 Å². The number of nitrogens with zero attached hydrogens (tertiary/aromatic N) is 1. The van der Waals surface area contributed by atoms with Crippen LogP contribution in [0.2, 0.25) is 0 Å². The molecule has 0 aromatic heterocycles. The Kier molecular flexibility index (Phi) is 4.05. The van der Waals surface area contributed by atoms with Crippen LogP contribution >= 0.6 is 0 Å². The van der Waals surface area contributed by atoms with Crippen LogP contribution in [0.3, 0.4) is 0 Å². The Hall–Kier alpha value is -2.76. The molecule has 2 aromatic carbocycles. The van der Waals surface area contributed by atoms with Crippen LogP contribution in [0.1, 0.15) is 5.56 Å². The molecular formula is C14H14N2O4. The van der Waals surface area contributed by atoms with Crippen molar-refractivity contribution >= 4 is 11.4 Å². The number of nitro benzene ring substituents is 1. The zero-order valence-electron chi connectivity index (χ0n) is 10.9. The highest BCUT2D eigenvalue weighted by Gasteiger charge is 2.14. The van der Waals surface area contributed by atoms with Crippen LogP contribution in [-0.4, -0.2) is 12.0 Å². The first-order valence-corrected chi connectivity index (χ1v) is 5.90. The second-order valence-electron chi connectivity index (χ2n) is 4.07. The highest BCUT2D eigenvalue weighted by Crippen LogP contribution is 2.26. The number of nitrogens with two attached hydrogens (primary N) is 1. The summed E-state index contributed by atoms with van der Waals surface area (Å²) in [6.07, 6.45) is 0. The van der Waals surface area contributed by atoms with Gasteiger partial charge in [0.1, 0.15) is 23.8 Å². The van der Waals surface area contributed by atoms with E-state index in [4.69, 9.17) is 15.2 Å². The molecule has 0 atom stereocenters. The molecule has 2 aromatic rings. The predicted octanol–water partition coefficient (Wildman–Crippen LogP) is 2.76. The fraction of sp³-hybridized carbons (Fsp3) is 0.143. The number of ether oxygens (including phenoxy) is 2. The fourth-order valence-electron chi connectivity index (χ4n) is 1.72. The van der Waals surface area contributed by atoms with Gasteiger partial charge in [-0.1, -0.05) is 12.1 Å². The summed E-state index contributed by atoms with van der Waals surface area (Å²) in [5.41, 5.74) is 6.35. The Labute approximate surface area is 115 Å². The smallest absolute Gasteiger partial charge is 0.292 e. The average molecular weight is 274 g/mol. The van der Waals surface area contributed by atoms with Crippen LogP contribution in [0.15, 0.2) is 42.5 Å². The topological polar surface area (TPSA) is 87.6 Å². The van der Waals surface area contributed by atoms with Gasteiger partial charge in [0.05, 0.1) is 12.0 Å². The molecule has 0 bridgehead atoms. The molecule has 2 rings (SSSR count). The van der Waals surface area contributed by atoms with Crippen LogP contribution in [0.25, 0.3) is 0 Å². The quantitative estimate of drug-likeness (QED) is 0.514. The van der Waals surface area contributed by atoms with Crippen molar-refractivity contribution in [3.05, 3.63) is 58.1 Å². The van der Waals surface area contributed by atoms with Crippen molar-refractivity contribution in [1.82, 2.24) is 0 Å². The first kappa shape index (κ1) is 13.7. The van der Waals surface area contributed by atoms with E-state index in [1.807, 2.05) is 0 Å². The molecule has 0 radical (unpaired) electrons.